The quantitative estimate of drug-likeness (QED) is 0.609. The van der Waals surface area contributed by atoms with Crippen LogP contribution in [0, 0.1) is 5.92 Å². The van der Waals surface area contributed by atoms with Gasteiger partial charge in [0, 0.05) is 31.2 Å². The fourth-order valence-corrected chi connectivity index (χ4v) is 2.34. The normalized spacial score (nSPS) is 30.3. The molecule has 0 spiro atoms. The molecule has 3 aliphatic rings. The van der Waals surface area contributed by atoms with Gasteiger partial charge >= 0.3 is 0 Å². The molecule has 0 aromatic carbocycles. The lowest BCUT2D eigenvalue weighted by molar-refractivity contribution is 0.319. The summed E-state index contributed by atoms with van der Waals surface area (Å²) in [6.45, 7) is 4.32. The molecule has 1 aliphatic carbocycles. The maximum absolute atomic E-state index is 4.72. The Morgan fingerprint density at radius 3 is 3.50 bits per heavy atom. The molecule has 3 nitrogen and oxygen atoms in total. The zero-order valence-corrected chi connectivity index (χ0v) is 8.24. The van der Waals surface area contributed by atoms with E-state index in [0.29, 0.717) is 5.92 Å². The van der Waals surface area contributed by atoms with Gasteiger partial charge in [-0.2, -0.15) is 0 Å². The fraction of sp³-hybridized carbons (Fsp3) is 0.545. The number of rotatable bonds is 0. The lowest BCUT2D eigenvalue weighted by atomic mass is 9.94. The number of allylic oxidation sites excluding steroid dienone is 3. The molecular formula is C11H15N3. The van der Waals surface area contributed by atoms with Gasteiger partial charge in [0.1, 0.15) is 5.84 Å². The summed E-state index contributed by atoms with van der Waals surface area (Å²) in [5.74, 6) is 1.87. The van der Waals surface area contributed by atoms with Gasteiger partial charge in [0.15, 0.2) is 0 Å². The second-order valence-corrected chi connectivity index (χ2v) is 4.10. The third-order valence-corrected chi connectivity index (χ3v) is 3.15. The van der Waals surface area contributed by atoms with Crippen LogP contribution in [0.4, 0.5) is 0 Å². The molecule has 1 fully saturated rings. The van der Waals surface area contributed by atoms with Crippen LogP contribution in [-0.2, 0) is 0 Å². The summed E-state index contributed by atoms with van der Waals surface area (Å²) in [7, 11) is 0. The molecule has 2 heterocycles. The largest absolute Gasteiger partial charge is 0.357 e. The van der Waals surface area contributed by atoms with Crippen molar-refractivity contribution in [2.75, 3.05) is 26.2 Å². The van der Waals surface area contributed by atoms with Crippen molar-refractivity contribution in [1.29, 1.82) is 0 Å². The van der Waals surface area contributed by atoms with Crippen molar-refractivity contribution >= 4 is 5.84 Å². The summed E-state index contributed by atoms with van der Waals surface area (Å²) in [6, 6.07) is 0. The van der Waals surface area contributed by atoms with E-state index >= 15 is 0 Å². The molecule has 3 rings (SSSR count). The SMILES string of the molecule is C1=CCC2CN3CCNCC3=NC2=C1. The lowest BCUT2D eigenvalue weighted by Gasteiger charge is -2.38. The zero-order chi connectivity index (χ0) is 9.38. The highest BCUT2D eigenvalue weighted by atomic mass is 15.3. The summed E-state index contributed by atoms with van der Waals surface area (Å²) < 4.78 is 0. The Kier molecular flexibility index (Phi) is 1.91. The molecule has 0 bridgehead atoms. The van der Waals surface area contributed by atoms with Crippen LogP contribution in [-0.4, -0.2) is 36.9 Å². The average Bonchev–Trinajstić information content (AvgIpc) is 2.26. The predicted octanol–water partition coefficient (Wildman–Crippen LogP) is 0.764. The molecule has 3 heteroatoms. The van der Waals surface area contributed by atoms with Gasteiger partial charge in [-0.25, -0.2) is 4.99 Å². The number of hydrogen-bond donors (Lipinski definition) is 1. The molecule has 0 amide bonds. The van der Waals surface area contributed by atoms with E-state index in [9.17, 15) is 0 Å². The van der Waals surface area contributed by atoms with E-state index in [4.69, 9.17) is 4.99 Å². The number of amidine groups is 1. The first kappa shape index (κ1) is 8.24. The van der Waals surface area contributed by atoms with Crippen molar-refractivity contribution < 1.29 is 0 Å². The van der Waals surface area contributed by atoms with Crippen LogP contribution in [0.1, 0.15) is 6.42 Å². The number of fused-ring (bicyclic) bond motifs is 2. The number of piperazine rings is 1. The molecule has 14 heavy (non-hydrogen) atoms. The molecule has 0 saturated carbocycles. The van der Waals surface area contributed by atoms with Crippen molar-refractivity contribution in [2.45, 2.75) is 6.42 Å². The Balaban J connectivity index is 1.92. The number of hydrogen-bond acceptors (Lipinski definition) is 3. The number of nitrogens with one attached hydrogen (secondary N) is 1. The minimum atomic E-state index is 0.641. The van der Waals surface area contributed by atoms with Crippen molar-refractivity contribution in [3.05, 3.63) is 23.9 Å². The second-order valence-electron chi connectivity index (χ2n) is 4.10. The third kappa shape index (κ3) is 1.28. The first-order valence-corrected chi connectivity index (χ1v) is 5.33. The van der Waals surface area contributed by atoms with E-state index in [1.165, 1.54) is 11.5 Å². The van der Waals surface area contributed by atoms with E-state index in [1.54, 1.807) is 0 Å². The van der Waals surface area contributed by atoms with Crippen molar-refractivity contribution in [1.82, 2.24) is 10.2 Å². The minimum absolute atomic E-state index is 0.641. The molecule has 0 aromatic rings. The third-order valence-electron chi connectivity index (χ3n) is 3.15. The molecule has 1 N–H and O–H groups in total. The predicted molar refractivity (Wildman–Crippen MR) is 57.2 cm³/mol. The van der Waals surface area contributed by atoms with Gasteiger partial charge in [-0.05, 0) is 12.5 Å². The number of aliphatic imine (C=N–C) groups is 1. The highest BCUT2D eigenvalue weighted by Crippen LogP contribution is 2.27. The van der Waals surface area contributed by atoms with E-state index in [2.05, 4.69) is 28.4 Å². The van der Waals surface area contributed by atoms with Crippen LogP contribution in [0.15, 0.2) is 28.9 Å². The zero-order valence-electron chi connectivity index (χ0n) is 8.24. The highest BCUT2D eigenvalue weighted by molar-refractivity contribution is 5.86. The van der Waals surface area contributed by atoms with Gasteiger partial charge in [0.25, 0.3) is 0 Å². The Morgan fingerprint density at radius 2 is 2.50 bits per heavy atom. The molecule has 0 aromatic heterocycles. The van der Waals surface area contributed by atoms with Gasteiger partial charge in [0.2, 0.25) is 0 Å². The van der Waals surface area contributed by atoms with Gasteiger partial charge in [-0.15, -0.1) is 0 Å². The second kappa shape index (κ2) is 3.24. The topological polar surface area (TPSA) is 27.6 Å². The van der Waals surface area contributed by atoms with E-state index in [-0.39, 0.29) is 0 Å². The summed E-state index contributed by atoms with van der Waals surface area (Å²) in [5, 5.41) is 3.36. The van der Waals surface area contributed by atoms with E-state index in [0.717, 1.165) is 32.6 Å². The summed E-state index contributed by atoms with van der Waals surface area (Å²) in [5.41, 5.74) is 1.28. The lowest BCUT2D eigenvalue weighted by Crippen LogP contribution is -2.51. The van der Waals surface area contributed by atoms with Gasteiger partial charge in [-0.3, -0.25) is 0 Å². The van der Waals surface area contributed by atoms with Crippen molar-refractivity contribution in [3.8, 4) is 0 Å². The monoisotopic (exact) mass is 189 g/mol. The molecule has 1 saturated heterocycles. The van der Waals surface area contributed by atoms with Crippen LogP contribution in [0.25, 0.3) is 0 Å². The summed E-state index contributed by atoms with van der Waals surface area (Å²) in [4.78, 5) is 7.14. The van der Waals surface area contributed by atoms with Crippen molar-refractivity contribution in [2.24, 2.45) is 10.9 Å². The standard InChI is InChI=1S/C11H15N3/c1-2-4-10-9(3-1)8-14-6-5-12-7-11(14)13-10/h1-2,4,9,12H,3,5-8H2. The van der Waals surface area contributed by atoms with Crippen LogP contribution in [0.5, 0.6) is 0 Å². The van der Waals surface area contributed by atoms with Gasteiger partial charge < -0.3 is 10.2 Å². The van der Waals surface area contributed by atoms with Gasteiger partial charge in [0.05, 0.1) is 6.54 Å². The van der Waals surface area contributed by atoms with Crippen LogP contribution in [0.3, 0.4) is 0 Å². The molecule has 1 atom stereocenters. The van der Waals surface area contributed by atoms with E-state index < -0.39 is 0 Å². The van der Waals surface area contributed by atoms with Gasteiger partial charge in [-0.1, -0.05) is 12.2 Å². The first-order chi connectivity index (χ1) is 6.93. The van der Waals surface area contributed by atoms with Crippen LogP contribution >= 0.6 is 0 Å². The highest BCUT2D eigenvalue weighted by Gasteiger charge is 2.27. The molecular weight excluding hydrogens is 174 g/mol. The maximum Gasteiger partial charge on any atom is 0.118 e. The Hall–Kier alpha value is -1.09. The van der Waals surface area contributed by atoms with E-state index in [1.807, 2.05) is 0 Å². The Morgan fingerprint density at radius 1 is 1.50 bits per heavy atom. The molecule has 1 unspecified atom stereocenters. The number of nitrogens with zero attached hydrogens (tertiary/aromatic N) is 2. The Bertz CT molecular complexity index is 327. The molecule has 2 aliphatic heterocycles. The summed E-state index contributed by atoms with van der Waals surface area (Å²) >= 11 is 0. The smallest absolute Gasteiger partial charge is 0.118 e. The maximum atomic E-state index is 4.72. The fourth-order valence-electron chi connectivity index (χ4n) is 2.34. The molecule has 0 radical (unpaired) electrons. The molecule has 74 valence electrons. The Labute approximate surface area is 84.2 Å². The first-order valence-electron chi connectivity index (χ1n) is 5.33. The van der Waals surface area contributed by atoms with Crippen LogP contribution in [0.2, 0.25) is 0 Å². The summed E-state index contributed by atoms with van der Waals surface area (Å²) in [6.07, 6.45) is 7.69. The van der Waals surface area contributed by atoms with Crippen LogP contribution < -0.4 is 5.32 Å². The van der Waals surface area contributed by atoms with Crippen molar-refractivity contribution in [3.63, 3.8) is 0 Å². The minimum Gasteiger partial charge on any atom is -0.357 e. The average molecular weight is 189 g/mol.